The van der Waals surface area contributed by atoms with Gasteiger partial charge in [0, 0.05) is 17.8 Å². The van der Waals surface area contributed by atoms with Crippen LogP contribution in [0.15, 0.2) is 52.3 Å². The molecule has 3 aromatic rings. The largest absolute Gasteiger partial charge is 0.294 e. The highest BCUT2D eigenvalue weighted by molar-refractivity contribution is 7.92. The fourth-order valence-electron chi connectivity index (χ4n) is 2.16. The molecule has 0 aliphatic rings. The second-order valence-corrected chi connectivity index (χ2v) is 6.91. The van der Waals surface area contributed by atoms with Crippen molar-refractivity contribution in [3.63, 3.8) is 0 Å². The maximum Gasteiger partial charge on any atom is 0.272 e. The van der Waals surface area contributed by atoms with Crippen LogP contribution in [0.3, 0.4) is 0 Å². The highest BCUT2D eigenvalue weighted by Gasteiger charge is 2.17. The molecule has 0 unspecified atom stereocenters. The zero-order valence-electron chi connectivity index (χ0n) is 12.8. The lowest BCUT2D eigenvalue weighted by atomic mass is 10.3. The van der Waals surface area contributed by atoms with Gasteiger partial charge in [-0.05, 0) is 31.2 Å². The molecule has 0 fully saturated rings. The van der Waals surface area contributed by atoms with E-state index in [9.17, 15) is 22.0 Å². The lowest BCUT2D eigenvalue weighted by Crippen LogP contribution is -2.16. The molecule has 130 valence electrons. The number of nitrogens with zero attached hydrogens (tertiary/aromatic N) is 2. The van der Waals surface area contributed by atoms with E-state index in [4.69, 9.17) is 0 Å². The Morgan fingerprint density at radius 1 is 1.12 bits per heavy atom. The molecule has 10 heteroatoms. The summed E-state index contributed by atoms with van der Waals surface area (Å²) in [4.78, 5) is 15.2. The summed E-state index contributed by atoms with van der Waals surface area (Å²) < 4.78 is 54.1. The molecule has 1 aromatic carbocycles. The fourth-order valence-corrected chi connectivity index (χ4v) is 3.24. The number of benzene rings is 1. The average molecular weight is 366 g/mol. The molecule has 0 amide bonds. The third-order valence-electron chi connectivity index (χ3n) is 3.22. The summed E-state index contributed by atoms with van der Waals surface area (Å²) >= 11 is 0. The molecule has 2 aromatic heterocycles. The van der Waals surface area contributed by atoms with Gasteiger partial charge in [0.2, 0.25) is 0 Å². The number of halogens is 2. The Bertz CT molecular complexity index is 1070. The molecule has 7 nitrogen and oxygen atoms in total. The normalized spacial score (nSPS) is 11.5. The van der Waals surface area contributed by atoms with Crippen molar-refractivity contribution in [3.8, 4) is 5.82 Å². The van der Waals surface area contributed by atoms with E-state index in [1.54, 1.807) is 6.92 Å². The van der Waals surface area contributed by atoms with E-state index in [1.165, 1.54) is 29.1 Å². The maximum atomic E-state index is 13.2. The molecule has 0 atom stereocenters. The summed E-state index contributed by atoms with van der Waals surface area (Å²) in [6.45, 7) is 1.71. The maximum absolute atomic E-state index is 13.2. The van der Waals surface area contributed by atoms with E-state index >= 15 is 0 Å². The van der Waals surface area contributed by atoms with Crippen molar-refractivity contribution >= 4 is 15.7 Å². The van der Waals surface area contributed by atoms with E-state index in [-0.39, 0.29) is 17.1 Å². The van der Waals surface area contributed by atoms with Crippen molar-refractivity contribution in [3.05, 3.63) is 70.3 Å². The number of rotatable bonds is 4. The quantitative estimate of drug-likeness (QED) is 0.738. The summed E-state index contributed by atoms with van der Waals surface area (Å²) in [6, 6.07) is 6.16. The van der Waals surface area contributed by atoms with E-state index in [0.29, 0.717) is 23.9 Å². The summed E-state index contributed by atoms with van der Waals surface area (Å²) in [6.07, 6.45) is 1.19. The summed E-state index contributed by atoms with van der Waals surface area (Å²) in [5.41, 5.74) is 0.406. The first-order chi connectivity index (χ1) is 11.7. The molecule has 2 N–H and O–H groups in total. The van der Waals surface area contributed by atoms with Gasteiger partial charge in [0.25, 0.3) is 15.6 Å². The lowest BCUT2D eigenvalue weighted by molar-refractivity contribution is 0.568. The van der Waals surface area contributed by atoms with E-state index < -0.39 is 26.6 Å². The van der Waals surface area contributed by atoms with Gasteiger partial charge in [-0.1, -0.05) is 0 Å². The number of pyridine rings is 1. The van der Waals surface area contributed by atoms with Crippen LogP contribution >= 0.6 is 0 Å². The Morgan fingerprint density at radius 2 is 1.80 bits per heavy atom. The van der Waals surface area contributed by atoms with Crippen LogP contribution in [0.25, 0.3) is 5.82 Å². The first kappa shape index (κ1) is 16.8. The number of nitrogens with one attached hydrogen (secondary N) is 2. The standard InChI is InChI=1S/C15H12F2N4O3S/c1-9-4-15(22)21(19-9)14-3-2-12(8-18-14)20-25(23,24)13-6-10(16)5-11(17)7-13/h2-8,19-20H,1H3. The molecule has 0 radical (unpaired) electrons. The number of hydrogen-bond acceptors (Lipinski definition) is 4. The van der Waals surface area contributed by atoms with Crippen LogP contribution < -0.4 is 10.3 Å². The highest BCUT2D eigenvalue weighted by Crippen LogP contribution is 2.18. The molecule has 3 rings (SSSR count). The van der Waals surface area contributed by atoms with Crippen molar-refractivity contribution in [1.82, 2.24) is 14.8 Å². The Labute approximate surface area is 141 Å². The average Bonchev–Trinajstić information content (AvgIpc) is 2.85. The summed E-state index contributed by atoms with van der Waals surface area (Å²) in [5.74, 6) is -1.75. The molecule has 25 heavy (non-hydrogen) atoms. The van der Waals surface area contributed by atoms with Crippen molar-refractivity contribution in [1.29, 1.82) is 0 Å². The fraction of sp³-hybridized carbons (Fsp3) is 0.0667. The van der Waals surface area contributed by atoms with Gasteiger partial charge in [-0.2, -0.15) is 0 Å². The van der Waals surface area contributed by atoms with Crippen LogP contribution in [-0.2, 0) is 10.0 Å². The molecule has 0 saturated heterocycles. The molecule has 0 aliphatic heterocycles. The topological polar surface area (TPSA) is 96.8 Å². The number of anilines is 1. The second-order valence-electron chi connectivity index (χ2n) is 5.23. The van der Waals surface area contributed by atoms with E-state index in [2.05, 4.69) is 14.8 Å². The van der Waals surface area contributed by atoms with Gasteiger partial charge in [-0.3, -0.25) is 14.6 Å². The van der Waals surface area contributed by atoms with Crippen LogP contribution in [0, 0.1) is 18.6 Å². The van der Waals surface area contributed by atoms with Gasteiger partial charge in [0.1, 0.15) is 11.6 Å². The van der Waals surface area contributed by atoms with Crippen LogP contribution in [0.4, 0.5) is 14.5 Å². The number of sulfonamides is 1. The number of aromatic nitrogens is 3. The second kappa shape index (κ2) is 6.13. The lowest BCUT2D eigenvalue weighted by Gasteiger charge is -2.09. The zero-order valence-corrected chi connectivity index (χ0v) is 13.6. The van der Waals surface area contributed by atoms with Crippen LogP contribution in [-0.4, -0.2) is 23.2 Å². The Hall–Kier alpha value is -3.01. The van der Waals surface area contributed by atoms with Crippen LogP contribution in [0.1, 0.15) is 5.69 Å². The molecule has 0 aliphatic carbocycles. The molecular weight excluding hydrogens is 354 g/mol. The minimum atomic E-state index is -4.19. The molecular formula is C15H12F2N4O3S. The predicted octanol–water partition coefficient (Wildman–Crippen LogP) is 1.95. The van der Waals surface area contributed by atoms with Crippen molar-refractivity contribution in [2.75, 3.05) is 4.72 Å². The smallest absolute Gasteiger partial charge is 0.272 e. The third-order valence-corrected chi connectivity index (χ3v) is 4.58. The number of aryl methyl sites for hydroxylation is 1. The predicted molar refractivity (Wildman–Crippen MR) is 86.1 cm³/mol. The molecule has 0 spiro atoms. The van der Waals surface area contributed by atoms with E-state index in [1.807, 2.05) is 0 Å². The summed E-state index contributed by atoms with van der Waals surface area (Å²) in [5, 5.41) is 2.79. The van der Waals surface area contributed by atoms with Gasteiger partial charge < -0.3 is 0 Å². The van der Waals surface area contributed by atoms with Crippen molar-refractivity contribution in [2.24, 2.45) is 0 Å². The van der Waals surface area contributed by atoms with Gasteiger partial charge in [0.05, 0.1) is 16.8 Å². The van der Waals surface area contributed by atoms with Crippen LogP contribution in [0.5, 0.6) is 0 Å². The van der Waals surface area contributed by atoms with Crippen molar-refractivity contribution in [2.45, 2.75) is 11.8 Å². The molecule has 2 heterocycles. The first-order valence-corrected chi connectivity index (χ1v) is 8.47. The van der Waals surface area contributed by atoms with Gasteiger partial charge in [0.15, 0.2) is 5.82 Å². The van der Waals surface area contributed by atoms with Gasteiger partial charge in [-0.25, -0.2) is 26.9 Å². The molecule has 0 bridgehead atoms. The highest BCUT2D eigenvalue weighted by atomic mass is 32.2. The van der Waals surface area contributed by atoms with E-state index in [0.717, 1.165) is 0 Å². The van der Waals surface area contributed by atoms with Gasteiger partial charge in [-0.15, -0.1) is 0 Å². The molecule has 0 saturated carbocycles. The van der Waals surface area contributed by atoms with Gasteiger partial charge >= 0.3 is 0 Å². The van der Waals surface area contributed by atoms with Crippen LogP contribution in [0.2, 0.25) is 0 Å². The summed E-state index contributed by atoms with van der Waals surface area (Å²) in [7, 11) is -4.19. The third kappa shape index (κ3) is 3.58. The zero-order chi connectivity index (χ0) is 18.2. The minimum Gasteiger partial charge on any atom is -0.294 e. The van der Waals surface area contributed by atoms with Crippen molar-refractivity contribution < 1.29 is 17.2 Å². The minimum absolute atomic E-state index is 0.0738. The SMILES string of the molecule is Cc1cc(=O)n(-c2ccc(NS(=O)(=O)c3cc(F)cc(F)c3)cn2)[nH]1. The number of H-pyrrole nitrogens is 1. The monoisotopic (exact) mass is 366 g/mol. The Kier molecular flexibility index (Phi) is 4.13. The first-order valence-electron chi connectivity index (χ1n) is 6.99. The Morgan fingerprint density at radius 3 is 2.32 bits per heavy atom. The number of aromatic amines is 1. The Balaban J connectivity index is 1.88. The number of hydrogen-bond donors (Lipinski definition) is 2.